The fourth-order valence-corrected chi connectivity index (χ4v) is 2.90. The van der Waals surface area contributed by atoms with Crippen molar-refractivity contribution in [3.63, 3.8) is 0 Å². The van der Waals surface area contributed by atoms with Crippen LogP contribution in [-0.2, 0) is 11.3 Å². The molecule has 4 nitrogen and oxygen atoms in total. The molecule has 1 saturated heterocycles. The third-order valence-electron chi connectivity index (χ3n) is 3.39. The standard InChI is InChI=1S/C12H19N3OS/c1-9-4-3-5-11(13-2)12(16)15(9)7-10-6-14-8-17-10/h6,8-9,11,13H,3-5,7H2,1-2H3. The normalized spacial score (nSPS) is 26.0. The molecule has 0 radical (unpaired) electrons. The molecule has 0 bridgehead atoms. The minimum absolute atomic E-state index is 0.0205. The summed E-state index contributed by atoms with van der Waals surface area (Å²) in [6.07, 6.45) is 4.99. The molecule has 0 aromatic carbocycles. The van der Waals surface area contributed by atoms with Crippen LogP contribution in [0.3, 0.4) is 0 Å². The van der Waals surface area contributed by atoms with Gasteiger partial charge in [-0.2, -0.15) is 0 Å². The molecule has 2 atom stereocenters. The summed E-state index contributed by atoms with van der Waals surface area (Å²) in [6.45, 7) is 2.83. The molecule has 0 spiro atoms. The Morgan fingerprint density at radius 1 is 1.59 bits per heavy atom. The van der Waals surface area contributed by atoms with Gasteiger partial charge in [-0.25, -0.2) is 0 Å². The number of nitrogens with one attached hydrogen (secondary N) is 1. The zero-order valence-corrected chi connectivity index (χ0v) is 11.2. The van der Waals surface area contributed by atoms with E-state index < -0.39 is 0 Å². The minimum Gasteiger partial charge on any atom is -0.333 e. The number of nitrogens with zero attached hydrogens (tertiary/aromatic N) is 2. The highest BCUT2D eigenvalue weighted by Crippen LogP contribution is 2.21. The summed E-state index contributed by atoms with van der Waals surface area (Å²) in [4.78, 5) is 19.6. The number of hydrogen-bond donors (Lipinski definition) is 1. The number of thiazole rings is 1. The second-order valence-electron chi connectivity index (χ2n) is 4.56. The van der Waals surface area contributed by atoms with Gasteiger partial charge in [-0.15, -0.1) is 11.3 Å². The number of carbonyl (C=O) groups excluding carboxylic acids is 1. The van der Waals surface area contributed by atoms with Gasteiger partial charge in [0.05, 0.1) is 18.1 Å². The molecule has 0 aliphatic carbocycles. The first-order chi connectivity index (χ1) is 8.22. The molecule has 17 heavy (non-hydrogen) atoms. The highest BCUT2D eigenvalue weighted by molar-refractivity contribution is 7.09. The van der Waals surface area contributed by atoms with Crippen LogP contribution in [0.25, 0.3) is 0 Å². The van der Waals surface area contributed by atoms with Gasteiger partial charge in [0, 0.05) is 17.1 Å². The van der Waals surface area contributed by atoms with Gasteiger partial charge < -0.3 is 10.2 Å². The van der Waals surface area contributed by atoms with Crippen LogP contribution < -0.4 is 5.32 Å². The largest absolute Gasteiger partial charge is 0.333 e. The first kappa shape index (κ1) is 12.5. The topological polar surface area (TPSA) is 45.2 Å². The number of aromatic nitrogens is 1. The van der Waals surface area contributed by atoms with Crippen molar-refractivity contribution in [1.82, 2.24) is 15.2 Å². The van der Waals surface area contributed by atoms with Gasteiger partial charge in [-0.1, -0.05) is 0 Å². The summed E-state index contributed by atoms with van der Waals surface area (Å²) in [5, 5.41) is 3.12. The number of rotatable bonds is 3. The summed E-state index contributed by atoms with van der Waals surface area (Å²) in [6, 6.07) is 0.302. The summed E-state index contributed by atoms with van der Waals surface area (Å²) in [5.74, 6) is 0.228. The van der Waals surface area contributed by atoms with Crippen molar-refractivity contribution in [1.29, 1.82) is 0 Å². The van der Waals surface area contributed by atoms with E-state index in [1.807, 2.05) is 23.7 Å². The highest BCUT2D eigenvalue weighted by atomic mass is 32.1. The molecule has 5 heteroatoms. The Hall–Kier alpha value is -0.940. The van der Waals surface area contributed by atoms with Gasteiger partial charge in [0.25, 0.3) is 0 Å². The van der Waals surface area contributed by atoms with Gasteiger partial charge in [0.1, 0.15) is 0 Å². The first-order valence-electron chi connectivity index (χ1n) is 6.07. The van der Waals surface area contributed by atoms with E-state index in [9.17, 15) is 4.79 Å². The maximum atomic E-state index is 12.4. The Balaban J connectivity index is 2.12. The predicted molar refractivity (Wildman–Crippen MR) is 68.8 cm³/mol. The Morgan fingerprint density at radius 3 is 3.06 bits per heavy atom. The molecule has 2 rings (SSSR count). The number of carbonyl (C=O) groups is 1. The van der Waals surface area contributed by atoms with Crippen molar-refractivity contribution in [2.45, 2.75) is 44.8 Å². The monoisotopic (exact) mass is 253 g/mol. The van der Waals surface area contributed by atoms with Crippen LogP contribution in [0.15, 0.2) is 11.7 Å². The Morgan fingerprint density at radius 2 is 2.41 bits per heavy atom. The molecular formula is C12H19N3OS. The van der Waals surface area contributed by atoms with Crippen molar-refractivity contribution in [3.05, 3.63) is 16.6 Å². The lowest BCUT2D eigenvalue weighted by Gasteiger charge is -2.28. The lowest BCUT2D eigenvalue weighted by molar-refractivity contribution is -0.135. The SMILES string of the molecule is CNC1CCCC(C)N(Cc2cncs2)C1=O. The molecule has 0 saturated carbocycles. The summed E-state index contributed by atoms with van der Waals surface area (Å²) in [7, 11) is 1.86. The van der Waals surface area contributed by atoms with Crippen molar-refractivity contribution >= 4 is 17.2 Å². The quantitative estimate of drug-likeness (QED) is 0.890. The number of amides is 1. The smallest absolute Gasteiger partial charge is 0.240 e. The number of hydrogen-bond acceptors (Lipinski definition) is 4. The van der Waals surface area contributed by atoms with Crippen LogP contribution in [0.2, 0.25) is 0 Å². The second-order valence-corrected chi connectivity index (χ2v) is 5.53. The Bertz CT molecular complexity index is 366. The molecule has 1 aliphatic rings. The molecule has 1 N–H and O–H groups in total. The van der Waals surface area contributed by atoms with E-state index in [2.05, 4.69) is 17.2 Å². The van der Waals surface area contributed by atoms with E-state index >= 15 is 0 Å². The predicted octanol–water partition coefficient (Wildman–Crippen LogP) is 1.63. The van der Waals surface area contributed by atoms with Crippen LogP contribution in [0.1, 0.15) is 31.1 Å². The molecule has 1 aliphatic heterocycles. The van der Waals surface area contributed by atoms with E-state index in [4.69, 9.17) is 0 Å². The van der Waals surface area contributed by atoms with Crippen LogP contribution in [0, 0.1) is 0 Å². The zero-order chi connectivity index (χ0) is 12.3. The molecule has 1 aromatic heterocycles. The van der Waals surface area contributed by atoms with Crippen LogP contribution in [0.5, 0.6) is 0 Å². The third kappa shape index (κ3) is 2.84. The van der Waals surface area contributed by atoms with E-state index in [0.717, 1.165) is 24.1 Å². The van der Waals surface area contributed by atoms with Crippen molar-refractivity contribution in [3.8, 4) is 0 Å². The van der Waals surface area contributed by atoms with Crippen LogP contribution in [0.4, 0.5) is 0 Å². The third-order valence-corrected chi connectivity index (χ3v) is 4.15. The average molecular weight is 253 g/mol. The van der Waals surface area contributed by atoms with Gasteiger partial charge >= 0.3 is 0 Å². The lowest BCUT2D eigenvalue weighted by atomic mass is 10.1. The van der Waals surface area contributed by atoms with Gasteiger partial charge in [-0.3, -0.25) is 9.78 Å². The second kappa shape index (κ2) is 5.60. The van der Waals surface area contributed by atoms with Crippen molar-refractivity contribution in [2.75, 3.05) is 7.05 Å². The molecule has 2 unspecified atom stereocenters. The zero-order valence-electron chi connectivity index (χ0n) is 10.3. The Kier molecular flexibility index (Phi) is 4.12. The van der Waals surface area contributed by atoms with Gasteiger partial charge in [0.15, 0.2) is 0 Å². The minimum atomic E-state index is -0.0205. The fourth-order valence-electron chi connectivity index (χ4n) is 2.30. The summed E-state index contributed by atoms with van der Waals surface area (Å²) in [5.41, 5.74) is 1.82. The van der Waals surface area contributed by atoms with E-state index in [1.54, 1.807) is 11.3 Å². The Labute approximate surface area is 106 Å². The highest BCUT2D eigenvalue weighted by Gasteiger charge is 2.29. The van der Waals surface area contributed by atoms with E-state index in [-0.39, 0.29) is 11.9 Å². The number of likely N-dealkylation sites (tertiary alicyclic amines) is 1. The van der Waals surface area contributed by atoms with Crippen LogP contribution in [-0.4, -0.2) is 34.9 Å². The van der Waals surface area contributed by atoms with Crippen LogP contribution >= 0.6 is 11.3 Å². The van der Waals surface area contributed by atoms with Crippen molar-refractivity contribution < 1.29 is 4.79 Å². The molecule has 94 valence electrons. The molecule has 2 heterocycles. The average Bonchev–Trinajstić information content (AvgIpc) is 2.79. The molecule has 1 fully saturated rings. The first-order valence-corrected chi connectivity index (χ1v) is 6.95. The molecular weight excluding hydrogens is 234 g/mol. The number of likely N-dealkylation sites (N-methyl/N-ethyl adjacent to an activating group) is 1. The maximum Gasteiger partial charge on any atom is 0.240 e. The van der Waals surface area contributed by atoms with E-state index in [0.29, 0.717) is 12.6 Å². The van der Waals surface area contributed by atoms with Crippen molar-refractivity contribution in [2.24, 2.45) is 0 Å². The summed E-state index contributed by atoms with van der Waals surface area (Å²) < 4.78 is 0. The molecule has 1 aromatic rings. The lowest BCUT2D eigenvalue weighted by Crippen LogP contribution is -2.46. The van der Waals surface area contributed by atoms with E-state index in [1.165, 1.54) is 0 Å². The molecule has 1 amide bonds. The van der Waals surface area contributed by atoms with Gasteiger partial charge in [0.2, 0.25) is 5.91 Å². The maximum absolute atomic E-state index is 12.4. The summed E-state index contributed by atoms with van der Waals surface area (Å²) >= 11 is 1.61. The van der Waals surface area contributed by atoms with Gasteiger partial charge in [-0.05, 0) is 33.2 Å². The fraction of sp³-hybridized carbons (Fsp3) is 0.667.